The van der Waals surface area contributed by atoms with E-state index < -0.39 is 22.3 Å². The average molecular weight is 423 g/mol. The monoisotopic (exact) mass is 422 g/mol. The van der Waals surface area contributed by atoms with Crippen LogP contribution in [0.15, 0.2) is 42.6 Å². The van der Waals surface area contributed by atoms with Gasteiger partial charge >= 0.3 is 6.09 Å². The summed E-state index contributed by atoms with van der Waals surface area (Å²) in [4.78, 5) is 16.3. The second kappa shape index (κ2) is 8.83. The van der Waals surface area contributed by atoms with Gasteiger partial charge in [0.2, 0.25) is 0 Å². The van der Waals surface area contributed by atoms with E-state index in [2.05, 4.69) is 5.10 Å². The number of hydrogen-bond acceptors (Lipinski definition) is 7. The molecule has 158 valence electrons. The number of rotatable bonds is 7. The van der Waals surface area contributed by atoms with Gasteiger partial charge in [0, 0.05) is 26.7 Å². The Hall–Kier alpha value is -2.59. The maximum Gasteiger partial charge on any atom is 0.410 e. The Morgan fingerprint density at radius 1 is 1.28 bits per heavy atom. The van der Waals surface area contributed by atoms with Crippen molar-refractivity contribution in [2.24, 2.45) is 7.05 Å². The smallest absolute Gasteiger partial charge is 0.410 e. The van der Waals surface area contributed by atoms with E-state index in [9.17, 15) is 13.2 Å². The zero-order chi connectivity index (χ0) is 21.0. The van der Waals surface area contributed by atoms with Crippen LogP contribution in [0, 0.1) is 0 Å². The molecule has 0 N–H and O–H groups in total. The summed E-state index contributed by atoms with van der Waals surface area (Å²) in [6.07, 6.45) is 2.02. The molecule has 29 heavy (non-hydrogen) atoms. The summed E-state index contributed by atoms with van der Waals surface area (Å²) in [5, 5.41) is 4.16. The average Bonchev–Trinajstić information content (AvgIpc) is 3.25. The molecule has 0 unspecified atom stereocenters. The summed E-state index contributed by atoms with van der Waals surface area (Å²) in [7, 11) is 0.113. The zero-order valence-electron chi connectivity index (χ0n) is 16.8. The molecule has 2 aromatic rings. The Morgan fingerprint density at radius 2 is 2.00 bits per heavy atom. The third-order valence-electron chi connectivity index (χ3n) is 4.80. The molecule has 0 aliphatic carbocycles. The number of likely N-dealkylation sites (N-methyl/N-ethyl adjacent to an activating group) is 1. The SMILES string of the molecule is CN(C[C@@H]1C[C@@H](OS(C)(=O)=O)CN1C(=O)OCc1ccccc1)c1ccnn1C. The van der Waals surface area contributed by atoms with Crippen molar-refractivity contribution in [1.29, 1.82) is 0 Å². The summed E-state index contributed by atoms with van der Waals surface area (Å²) in [6, 6.07) is 11.0. The number of aryl methyl sites for hydroxylation is 1. The molecule has 0 radical (unpaired) electrons. The number of carbonyl (C=O) groups excluding carboxylic acids is 1. The molecule has 0 saturated carbocycles. The first-order valence-electron chi connectivity index (χ1n) is 9.27. The van der Waals surface area contributed by atoms with Gasteiger partial charge in [0.15, 0.2) is 0 Å². The number of aromatic nitrogens is 2. The molecule has 1 amide bonds. The fourth-order valence-electron chi connectivity index (χ4n) is 3.54. The van der Waals surface area contributed by atoms with Gasteiger partial charge in [-0.3, -0.25) is 8.86 Å². The van der Waals surface area contributed by atoms with Gasteiger partial charge in [0.1, 0.15) is 12.4 Å². The highest BCUT2D eigenvalue weighted by Gasteiger charge is 2.39. The number of ether oxygens (including phenoxy) is 1. The van der Waals surface area contributed by atoms with E-state index in [1.807, 2.05) is 55.4 Å². The molecule has 9 nitrogen and oxygen atoms in total. The van der Waals surface area contributed by atoms with E-state index in [0.29, 0.717) is 13.0 Å². The van der Waals surface area contributed by atoms with Crippen LogP contribution in [-0.4, -0.2) is 67.7 Å². The number of carbonyl (C=O) groups is 1. The van der Waals surface area contributed by atoms with Gasteiger partial charge in [-0.2, -0.15) is 13.5 Å². The highest BCUT2D eigenvalue weighted by molar-refractivity contribution is 7.86. The molecule has 1 aliphatic rings. The molecule has 1 aromatic carbocycles. The van der Waals surface area contributed by atoms with Crippen molar-refractivity contribution in [1.82, 2.24) is 14.7 Å². The van der Waals surface area contributed by atoms with E-state index in [-0.39, 0.29) is 19.2 Å². The van der Waals surface area contributed by atoms with Crippen LogP contribution in [0.3, 0.4) is 0 Å². The Morgan fingerprint density at radius 3 is 2.62 bits per heavy atom. The molecule has 0 spiro atoms. The highest BCUT2D eigenvalue weighted by Crippen LogP contribution is 2.25. The summed E-state index contributed by atoms with van der Waals surface area (Å²) in [6.45, 7) is 0.798. The van der Waals surface area contributed by atoms with Crippen molar-refractivity contribution in [2.45, 2.75) is 25.2 Å². The van der Waals surface area contributed by atoms with Gasteiger partial charge in [-0.25, -0.2) is 4.79 Å². The van der Waals surface area contributed by atoms with Crippen LogP contribution in [0.4, 0.5) is 10.6 Å². The number of likely N-dealkylation sites (tertiary alicyclic amines) is 1. The summed E-state index contributed by atoms with van der Waals surface area (Å²) >= 11 is 0. The van der Waals surface area contributed by atoms with Crippen LogP contribution in [-0.2, 0) is 32.7 Å². The van der Waals surface area contributed by atoms with E-state index in [4.69, 9.17) is 8.92 Å². The normalized spacial score (nSPS) is 19.3. The van der Waals surface area contributed by atoms with E-state index in [1.165, 1.54) is 0 Å². The van der Waals surface area contributed by atoms with Crippen molar-refractivity contribution >= 4 is 22.0 Å². The summed E-state index contributed by atoms with van der Waals surface area (Å²) in [5.41, 5.74) is 0.882. The van der Waals surface area contributed by atoms with Crippen molar-refractivity contribution in [2.75, 3.05) is 31.3 Å². The van der Waals surface area contributed by atoms with Crippen LogP contribution >= 0.6 is 0 Å². The Bertz CT molecular complexity index is 931. The Balaban J connectivity index is 1.69. The minimum Gasteiger partial charge on any atom is -0.445 e. The van der Waals surface area contributed by atoms with Crippen molar-refractivity contribution in [3.8, 4) is 0 Å². The van der Waals surface area contributed by atoms with Crippen LogP contribution in [0.25, 0.3) is 0 Å². The maximum absolute atomic E-state index is 12.7. The van der Waals surface area contributed by atoms with E-state index in [0.717, 1.165) is 17.6 Å². The lowest BCUT2D eigenvalue weighted by Gasteiger charge is -2.28. The molecule has 1 aliphatic heterocycles. The van der Waals surface area contributed by atoms with Gasteiger partial charge < -0.3 is 14.5 Å². The lowest BCUT2D eigenvalue weighted by atomic mass is 10.2. The number of anilines is 1. The second-order valence-electron chi connectivity index (χ2n) is 7.20. The number of hydrogen-bond donors (Lipinski definition) is 0. The molecular formula is C19H26N4O5S. The van der Waals surface area contributed by atoms with Gasteiger partial charge in [-0.15, -0.1) is 0 Å². The summed E-state index contributed by atoms with van der Waals surface area (Å²) < 4.78 is 35.5. The lowest BCUT2D eigenvalue weighted by molar-refractivity contribution is 0.0899. The van der Waals surface area contributed by atoms with E-state index >= 15 is 0 Å². The molecule has 1 fully saturated rings. The zero-order valence-corrected chi connectivity index (χ0v) is 17.6. The second-order valence-corrected chi connectivity index (χ2v) is 8.80. The fraction of sp³-hybridized carbons (Fsp3) is 0.474. The van der Waals surface area contributed by atoms with Crippen LogP contribution in [0.2, 0.25) is 0 Å². The van der Waals surface area contributed by atoms with Crippen molar-refractivity contribution in [3.63, 3.8) is 0 Å². The van der Waals surface area contributed by atoms with Gasteiger partial charge in [0.25, 0.3) is 10.1 Å². The summed E-state index contributed by atoms with van der Waals surface area (Å²) in [5.74, 6) is 0.884. The standard InChI is InChI=1S/C19H26N4O5S/c1-21(18-9-10-20-22(18)2)12-16-11-17(28-29(3,25)26)13-23(16)19(24)27-14-15-7-5-4-6-8-15/h4-10,16-17H,11-14H2,1-3H3/t16-,17+/m0/s1. The lowest BCUT2D eigenvalue weighted by Crippen LogP contribution is -2.43. The molecule has 1 aromatic heterocycles. The third-order valence-corrected chi connectivity index (χ3v) is 5.42. The molecule has 3 rings (SSSR count). The predicted molar refractivity (Wildman–Crippen MR) is 108 cm³/mol. The number of amides is 1. The quantitative estimate of drug-likeness (QED) is 0.626. The van der Waals surface area contributed by atoms with Crippen molar-refractivity contribution in [3.05, 3.63) is 48.2 Å². The number of nitrogens with zero attached hydrogens (tertiary/aromatic N) is 4. The molecule has 10 heteroatoms. The van der Waals surface area contributed by atoms with Gasteiger partial charge in [-0.05, 0) is 12.0 Å². The number of benzene rings is 1. The molecule has 2 atom stereocenters. The van der Waals surface area contributed by atoms with Gasteiger partial charge in [-0.1, -0.05) is 30.3 Å². The van der Waals surface area contributed by atoms with Crippen LogP contribution < -0.4 is 4.90 Å². The van der Waals surface area contributed by atoms with Crippen LogP contribution in [0.1, 0.15) is 12.0 Å². The topological polar surface area (TPSA) is 94.0 Å². The van der Waals surface area contributed by atoms with Crippen molar-refractivity contribution < 1.29 is 22.1 Å². The molecule has 2 heterocycles. The van der Waals surface area contributed by atoms with Crippen LogP contribution in [0.5, 0.6) is 0 Å². The first kappa shape index (κ1) is 21.1. The minimum atomic E-state index is -3.62. The molecular weight excluding hydrogens is 396 g/mol. The largest absolute Gasteiger partial charge is 0.445 e. The molecule has 1 saturated heterocycles. The Labute approximate surface area is 170 Å². The minimum absolute atomic E-state index is 0.151. The third kappa shape index (κ3) is 5.70. The first-order valence-corrected chi connectivity index (χ1v) is 11.1. The fourth-order valence-corrected chi connectivity index (χ4v) is 4.17. The maximum atomic E-state index is 12.7. The van der Waals surface area contributed by atoms with Gasteiger partial charge in [0.05, 0.1) is 31.1 Å². The Kier molecular flexibility index (Phi) is 6.43. The predicted octanol–water partition coefficient (Wildman–Crippen LogP) is 1.61. The highest BCUT2D eigenvalue weighted by atomic mass is 32.2. The van der Waals surface area contributed by atoms with E-state index in [1.54, 1.807) is 15.8 Å². The first-order chi connectivity index (χ1) is 13.7. The molecule has 0 bridgehead atoms.